The Morgan fingerprint density at radius 2 is 2.08 bits per heavy atom. The second-order valence-electron chi connectivity index (χ2n) is 2.35. The molecule has 0 bridgehead atoms. The third-order valence-electron chi connectivity index (χ3n) is 1.54. The first kappa shape index (κ1) is 10.2. The first-order valence-corrected chi connectivity index (χ1v) is 4.28. The van der Waals surface area contributed by atoms with E-state index in [0.29, 0.717) is 15.7 Å². The number of hydrazine groups is 1. The summed E-state index contributed by atoms with van der Waals surface area (Å²) in [6.45, 7) is 0. The monoisotopic (exact) mass is 217 g/mol. The fourth-order valence-corrected chi connectivity index (χ4v) is 1.43. The number of hydrogen-bond acceptors (Lipinski definition) is 3. The van der Waals surface area contributed by atoms with E-state index in [4.69, 9.17) is 34.8 Å². The summed E-state index contributed by atoms with van der Waals surface area (Å²) in [5.41, 5.74) is 9.04. The van der Waals surface area contributed by atoms with Gasteiger partial charge in [-0.25, -0.2) is 0 Å². The summed E-state index contributed by atoms with van der Waals surface area (Å²) >= 11 is 11.6. The van der Waals surface area contributed by atoms with Crippen LogP contribution in [0, 0.1) is 0 Å². The molecular formula is C8H9Cl2N3. The van der Waals surface area contributed by atoms with Crippen molar-refractivity contribution in [2.45, 2.75) is 0 Å². The lowest BCUT2D eigenvalue weighted by atomic mass is 10.2. The van der Waals surface area contributed by atoms with E-state index in [9.17, 15) is 0 Å². The van der Waals surface area contributed by atoms with Gasteiger partial charge in [0.25, 0.3) is 0 Å². The maximum absolute atomic E-state index is 5.91. The summed E-state index contributed by atoms with van der Waals surface area (Å²) in [7, 11) is 0. The van der Waals surface area contributed by atoms with Crippen molar-refractivity contribution < 1.29 is 0 Å². The van der Waals surface area contributed by atoms with Gasteiger partial charge in [0.05, 0.1) is 10.7 Å². The van der Waals surface area contributed by atoms with Crippen molar-refractivity contribution in [3.8, 4) is 0 Å². The summed E-state index contributed by atoms with van der Waals surface area (Å²) in [6.07, 6.45) is 1.34. The van der Waals surface area contributed by atoms with Gasteiger partial charge in [0.1, 0.15) is 0 Å². The third-order valence-corrected chi connectivity index (χ3v) is 2.09. The van der Waals surface area contributed by atoms with Crippen molar-refractivity contribution in [2.24, 2.45) is 11.6 Å². The Morgan fingerprint density at radius 1 is 1.38 bits per heavy atom. The molecule has 0 atom stereocenters. The highest BCUT2D eigenvalue weighted by Crippen LogP contribution is 2.24. The molecule has 0 saturated heterocycles. The second kappa shape index (κ2) is 4.37. The van der Waals surface area contributed by atoms with Gasteiger partial charge in [-0.15, -0.1) is 0 Å². The van der Waals surface area contributed by atoms with Gasteiger partial charge in [0.15, 0.2) is 0 Å². The molecule has 0 aromatic heterocycles. The average Bonchev–Trinajstić information content (AvgIpc) is 2.10. The van der Waals surface area contributed by atoms with Crippen LogP contribution in [-0.2, 0) is 0 Å². The molecule has 5 heteroatoms. The molecule has 0 fully saturated rings. The summed E-state index contributed by atoms with van der Waals surface area (Å²) in [6, 6.07) is 5.08. The van der Waals surface area contributed by atoms with Crippen molar-refractivity contribution >= 4 is 28.9 Å². The van der Waals surface area contributed by atoms with Crippen LogP contribution in [0.15, 0.2) is 24.4 Å². The minimum atomic E-state index is 0.502. The van der Waals surface area contributed by atoms with E-state index in [0.717, 1.165) is 5.56 Å². The number of rotatable bonds is 2. The quantitative estimate of drug-likeness (QED) is 0.523. The summed E-state index contributed by atoms with van der Waals surface area (Å²) in [5, 5.41) is 1.07. The molecule has 70 valence electrons. The average molecular weight is 218 g/mol. The normalized spacial score (nSPS) is 11.5. The van der Waals surface area contributed by atoms with Gasteiger partial charge in [-0.3, -0.25) is 5.84 Å². The molecular weight excluding hydrogens is 209 g/mol. The molecule has 1 rings (SSSR count). The van der Waals surface area contributed by atoms with Crippen molar-refractivity contribution in [1.29, 1.82) is 0 Å². The molecule has 0 aliphatic rings. The van der Waals surface area contributed by atoms with E-state index in [1.165, 1.54) is 6.20 Å². The zero-order valence-corrected chi connectivity index (χ0v) is 8.23. The number of benzene rings is 1. The lowest BCUT2D eigenvalue weighted by Gasteiger charge is -2.07. The van der Waals surface area contributed by atoms with Crippen LogP contribution in [-0.4, -0.2) is 0 Å². The van der Waals surface area contributed by atoms with Crippen LogP contribution in [0.1, 0.15) is 5.56 Å². The van der Waals surface area contributed by atoms with Crippen molar-refractivity contribution in [3.05, 3.63) is 40.0 Å². The fraction of sp³-hybridized carbons (Fsp3) is 0. The molecule has 1 aromatic rings. The standard InChI is InChI=1S/C8H9Cl2N3/c9-5-1-2-6(7(10)3-5)8(4-11)13-12/h1-4,13H,11-12H2/b8-4-. The van der Waals surface area contributed by atoms with Gasteiger partial charge < -0.3 is 11.2 Å². The molecule has 3 nitrogen and oxygen atoms in total. The number of hydrogen-bond donors (Lipinski definition) is 3. The zero-order chi connectivity index (χ0) is 9.84. The molecule has 13 heavy (non-hydrogen) atoms. The Hall–Kier alpha value is -0.900. The van der Waals surface area contributed by atoms with Gasteiger partial charge in [0, 0.05) is 16.8 Å². The molecule has 0 aliphatic heterocycles. The van der Waals surface area contributed by atoms with E-state index in [1.54, 1.807) is 18.2 Å². The SMILES string of the molecule is N/C=C(\NN)c1ccc(Cl)cc1Cl. The van der Waals surface area contributed by atoms with Crippen molar-refractivity contribution in [1.82, 2.24) is 5.43 Å². The largest absolute Gasteiger partial charge is 0.403 e. The first-order chi connectivity index (χ1) is 6.19. The maximum Gasteiger partial charge on any atom is 0.0728 e. The molecule has 0 spiro atoms. The van der Waals surface area contributed by atoms with Gasteiger partial charge in [0.2, 0.25) is 0 Å². The molecule has 0 radical (unpaired) electrons. The predicted molar refractivity (Wildman–Crippen MR) is 55.9 cm³/mol. The van der Waals surface area contributed by atoms with Crippen LogP contribution in [0.3, 0.4) is 0 Å². The van der Waals surface area contributed by atoms with Gasteiger partial charge >= 0.3 is 0 Å². The molecule has 5 N–H and O–H groups in total. The lowest BCUT2D eigenvalue weighted by Crippen LogP contribution is -2.21. The smallest absolute Gasteiger partial charge is 0.0728 e. The fourth-order valence-electron chi connectivity index (χ4n) is 0.924. The highest BCUT2D eigenvalue weighted by atomic mass is 35.5. The second-order valence-corrected chi connectivity index (χ2v) is 3.19. The summed E-state index contributed by atoms with van der Waals surface area (Å²) in [5.74, 6) is 5.23. The van der Waals surface area contributed by atoms with E-state index in [2.05, 4.69) is 5.43 Å². The Balaban J connectivity index is 3.15. The Bertz CT molecular complexity index is 336. The van der Waals surface area contributed by atoms with E-state index < -0.39 is 0 Å². The maximum atomic E-state index is 5.91. The van der Waals surface area contributed by atoms with Crippen LogP contribution in [0.25, 0.3) is 5.70 Å². The van der Waals surface area contributed by atoms with Crippen molar-refractivity contribution in [2.75, 3.05) is 0 Å². The molecule has 0 heterocycles. The van der Waals surface area contributed by atoms with Crippen molar-refractivity contribution in [3.63, 3.8) is 0 Å². The van der Waals surface area contributed by atoms with Gasteiger partial charge in [-0.1, -0.05) is 23.2 Å². The molecule has 0 aliphatic carbocycles. The van der Waals surface area contributed by atoms with Gasteiger partial charge in [-0.05, 0) is 18.2 Å². The Kier molecular flexibility index (Phi) is 3.42. The van der Waals surface area contributed by atoms with Crippen LogP contribution in [0.4, 0.5) is 0 Å². The minimum Gasteiger partial charge on any atom is -0.403 e. The molecule has 1 aromatic carbocycles. The minimum absolute atomic E-state index is 0.502. The number of nitrogens with two attached hydrogens (primary N) is 2. The predicted octanol–water partition coefficient (Wildman–Crippen LogP) is 1.71. The topological polar surface area (TPSA) is 64.1 Å². The lowest BCUT2D eigenvalue weighted by molar-refractivity contribution is 0.988. The molecule has 0 amide bonds. The number of halogens is 2. The van der Waals surface area contributed by atoms with Crippen LogP contribution in [0.5, 0.6) is 0 Å². The third kappa shape index (κ3) is 2.28. The highest BCUT2D eigenvalue weighted by Gasteiger charge is 2.04. The summed E-state index contributed by atoms with van der Waals surface area (Å²) < 4.78 is 0. The molecule has 0 unspecified atom stereocenters. The Labute approximate surface area is 86.3 Å². The summed E-state index contributed by atoms with van der Waals surface area (Å²) in [4.78, 5) is 0. The van der Waals surface area contributed by atoms with E-state index in [-0.39, 0.29) is 0 Å². The van der Waals surface area contributed by atoms with Crippen LogP contribution >= 0.6 is 23.2 Å². The van der Waals surface area contributed by atoms with E-state index >= 15 is 0 Å². The van der Waals surface area contributed by atoms with Gasteiger partial charge in [-0.2, -0.15) is 0 Å². The molecule has 0 saturated carbocycles. The number of nitrogens with one attached hydrogen (secondary N) is 1. The first-order valence-electron chi connectivity index (χ1n) is 3.53. The zero-order valence-electron chi connectivity index (χ0n) is 6.72. The van der Waals surface area contributed by atoms with E-state index in [1.807, 2.05) is 0 Å². The van der Waals surface area contributed by atoms with Crippen LogP contribution in [0.2, 0.25) is 10.0 Å². The van der Waals surface area contributed by atoms with Crippen LogP contribution < -0.4 is 17.0 Å². The Morgan fingerprint density at radius 3 is 2.54 bits per heavy atom. The highest BCUT2D eigenvalue weighted by molar-refractivity contribution is 6.35.